The molecule has 4 N–H and O–H groups in total. The van der Waals surface area contributed by atoms with Gasteiger partial charge < -0.3 is 24.7 Å². The Hall–Kier alpha value is -1.32. The second kappa shape index (κ2) is 7.10. The molecule has 6 heteroatoms. The molecule has 0 saturated heterocycles. The first kappa shape index (κ1) is 19.7. The normalized spacial score (nSPS) is 9.57. The molecule has 0 unspecified atom stereocenters. The minimum absolute atomic E-state index is 0. The van der Waals surface area contributed by atoms with Crippen molar-refractivity contribution < 1.29 is 38.0 Å². The summed E-state index contributed by atoms with van der Waals surface area (Å²) in [6, 6.07) is 8.64. The van der Waals surface area contributed by atoms with Gasteiger partial charge in [-0.15, -0.1) is 0 Å². The van der Waals surface area contributed by atoms with Crippen molar-refractivity contribution in [1.82, 2.24) is 4.98 Å². The van der Waals surface area contributed by atoms with Gasteiger partial charge in [0.25, 0.3) is 0 Å². The maximum Gasteiger partial charge on any atom is 2.00 e. The number of hydrogen-bond donors (Lipinski definition) is 0. The van der Waals surface area contributed by atoms with E-state index in [9.17, 15) is 0 Å². The van der Waals surface area contributed by atoms with E-state index in [1.165, 1.54) is 32.3 Å². The first-order valence-corrected chi connectivity index (χ1v) is 5.71. The molecule has 0 aliphatic rings. The fourth-order valence-electron chi connectivity index (χ4n) is 2.71. The first-order chi connectivity index (χ1) is 8.33. The maximum atomic E-state index is 4.28. The van der Waals surface area contributed by atoms with Crippen LogP contribution in [-0.2, 0) is 28.1 Å². The SMILES string of the molecule is C[n+]1cc2ccc3cncc4ccc(c1)c2c34.[Cl-].[NH2-].[NH2-].[Pt+2]. The molecular formula is C15H15ClN4Pt. The molecule has 112 valence electrons. The van der Waals surface area contributed by atoms with E-state index in [-0.39, 0.29) is 45.8 Å². The third-order valence-electron chi connectivity index (χ3n) is 3.40. The summed E-state index contributed by atoms with van der Waals surface area (Å²) in [7, 11) is 2.07. The van der Waals surface area contributed by atoms with Gasteiger partial charge in [-0.2, -0.15) is 0 Å². The third kappa shape index (κ3) is 2.85. The van der Waals surface area contributed by atoms with Crippen molar-refractivity contribution in [3.8, 4) is 0 Å². The van der Waals surface area contributed by atoms with Crippen molar-refractivity contribution in [1.29, 1.82) is 0 Å². The van der Waals surface area contributed by atoms with Crippen LogP contribution in [-0.4, -0.2) is 4.98 Å². The molecule has 0 aliphatic carbocycles. The van der Waals surface area contributed by atoms with Crippen LogP contribution in [0.1, 0.15) is 0 Å². The Labute approximate surface area is 143 Å². The quantitative estimate of drug-likeness (QED) is 0.275. The number of rotatable bonds is 0. The van der Waals surface area contributed by atoms with Gasteiger partial charge in [0.2, 0.25) is 0 Å². The number of nitrogens with two attached hydrogens (primary N) is 2. The average Bonchev–Trinajstić information content (AvgIpc) is 2.35. The molecule has 2 aromatic carbocycles. The van der Waals surface area contributed by atoms with Gasteiger partial charge in [0.15, 0.2) is 12.4 Å². The van der Waals surface area contributed by atoms with Gasteiger partial charge >= 0.3 is 21.1 Å². The summed E-state index contributed by atoms with van der Waals surface area (Å²) in [6.07, 6.45) is 8.21. The van der Waals surface area contributed by atoms with Crippen LogP contribution in [0.3, 0.4) is 0 Å². The predicted molar refractivity (Wildman–Crippen MR) is 79.7 cm³/mol. The first-order valence-electron chi connectivity index (χ1n) is 5.71. The van der Waals surface area contributed by atoms with Gasteiger partial charge in [-0.3, -0.25) is 4.98 Å². The molecule has 0 saturated carbocycles. The zero-order valence-electron chi connectivity index (χ0n) is 11.4. The monoisotopic (exact) mass is 481 g/mol. The Kier molecular flexibility index (Phi) is 6.65. The molecule has 0 fully saturated rings. The Morgan fingerprint density at radius 3 is 1.62 bits per heavy atom. The number of aromatic nitrogens is 2. The third-order valence-corrected chi connectivity index (χ3v) is 3.40. The average molecular weight is 482 g/mol. The van der Waals surface area contributed by atoms with E-state index in [0.717, 1.165) is 0 Å². The molecule has 0 aliphatic heterocycles. The number of halogens is 1. The molecule has 0 bridgehead atoms. The minimum atomic E-state index is 0. The van der Waals surface area contributed by atoms with Crippen LogP contribution in [0.15, 0.2) is 49.1 Å². The zero-order chi connectivity index (χ0) is 11.4. The fourth-order valence-corrected chi connectivity index (χ4v) is 2.71. The van der Waals surface area contributed by atoms with E-state index < -0.39 is 0 Å². The molecule has 0 radical (unpaired) electrons. The van der Waals surface area contributed by atoms with Crippen LogP contribution in [0.4, 0.5) is 0 Å². The second-order valence-electron chi connectivity index (χ2n) is 4.57. The van der Waals surface area contributed by atoms with Crippen LogP contribution in [0.25, 0.3) is 44.6 Å². The molecule has 0 atom stereocenters. The number of pyridine rings is 2. The Balaban J connectivity index is 0.000001000. The minimum Gasteiger partial charge on any atom is -1.00 e. The van der Waals surface area contributed by atoms with Gasteiger partial charge in [0, 0.05) is 44.7 Å². The number of hydrogen-bond acceptors (Lipinski definition) is 1. The zero-order valence-corrected chi connectivity index (χ0v) is 14.4. The predicted octanol–water partition coefficient (Wildman–Crippen LogP) is 1.24. The van der Waals surface area contributed by atoms with Crippen molar-refractivity contribution in [3.05, 3.63) is 61.4 Å². The molecular weight excluding hydrogens is 467 g/mol. The molecule has 0 amide bonds. The Morgan fingerprint density at radius 2 is 1.14 bits per heavy atom. The summed E-state index contributed by atoms with van der Waals surface area (Å²) in [5.41, 5.74) is 0. The van der Waals surface area contributed by atoms with Crippen LogP contribution in [0.2, 0.25) is 0 Å². The Morgan fingerprint density at radius 1 is 0.762 bits per heavy atom. The molecule has 2 aromatic heterocycles. The molecule has 2 heterocycles. The van der Waals surface area contributed by atoms with Crippen molar-refractivity contribution in [2.24, 2.45) is 7.05 Å². The second-order valence-corrected chi connectivity index (χ2v) is 4.57. The van der Waals surface area contributed by atoms with Crippen molar-refractivity contribution in [2.75, 3.05) is 0 Å². The number of benzene rings is 2. The van der Waals surface area contributed by atoms with Crippen LogP contribution in [0.5, 0.6) is 0 Å². The van der Waals surface area contributed by atoms with E-state index in [4.69, 9.17) is 0 Å². The van der Waals surface area contributed by atoms with Crippen molar-refractivity contribution in [3.63, 3.8) is 0 Å². The van der Waals surface area contributed by atoms with E-state index in [1.807, 2.05) is 12.4 Å². The van der Waals surface area contributed by atoms with Crippen molar-refractivity contribution in [2.45, 2.75) is 0 Å². The van der Waals surface area contributed by atoms with Gasteiger partial charge in [-0.05, 0) is 12.1 Å². The van der Waals surface area contributed by atoms with E-state index >= 15 is 0 Å². The van der Waals surface area contributed by atoms with Crippen molar-refractivity contribution >= 4 is 32.3 Å². The molecule has 0 spiro atoms. The fraction of sp³-hybridized carbons (Fsp3) is 0.0667. The van der Waals surface area contributed by atoms with Gasteiger partial charge in [0.1, 0.15) is 7.05 Å². The standard InChI is InChI=1S/C15H11N2.ClH.2H2N.Pt/c1-17-8-12-4-2-10-6-16-7-11-3-5-13(9-17)15(12)14(10)11;;;;/h2-9H,1H3;1H;2*1H2;/q+1;;2*-1;+2/p-1. The van der Waals surface area contributed by atoms with Crippen LogP contribution >= 0.6 is 0 Å². The number of aryl methyl sites for hydroxylation is 1. The maximum absolute atomic E-state index is 4.28. The van der Waals surface area contributed by atoms with E-state index in [0.29, 0.717) is 0 Å². The van der Waals surface area contributed by atoms with Crippen LogP contribution in [0, 0.1) is 0 Å². The van der Waals surface area contributed by atoms with Gasteiger partial charge in [-0.1, -0.05) is 12.1 Å². The summed E-state index contributed by atoms with van der Waals surface area (Å²) < 4.78 is 2.11. The smallest absolute Gasteiger partial charge is 1.00 e. The molecule has 4 nitrogen and oxygen atoms in total. The summed E-state index contributed by atoms with van der Waals surface area (Å²) >= 11 is 0. The molecule has 21 heavy (non-hydrogen) atoms. The van der Waals surface area contributed by atoms with Crippen LogP contribution < -0.4 is 17.0 Å². The van der Waals surface area contributed by atoms with Gasteiger partial charge in [0.05, 0.1) is 0 Å². The molecule has 4 aromatic rings. The number of nitrogens with zero attached hydrogens (tertiary/aromatic N) is 2. The van der Waals surface area contributed by atoms with Gasteiger partial charge in [-0.25, -0.2) is 4.57 Å². The summed E-state index contributed by atoms with van der Waals surface area (Å²) in [5.74, 6) is 0. The summed E-state index contributed by atoms with van der Waals surface area (Å²) in [5, 5.41) is 7.68. The summed E-state index contributed by atoms with van der Waals surface area (Å²) in [4.78, 5) is 4.28. The molecule has 4 rings (SSSR count). The Bertz CT molecular complexity index is 802. The summed E-state index contributed by atoms with van der Waals surface area (Å²) in [6.45, 7) is 0. The topological polar surface area (TPSA) is 83.8 Å². The largest absolute Gasteiger partial charge is 2.00 e. The van der Waals surface area contributed by atoms with E-state index in [1.54, 1.807) is 0 Å². The van der Waals surface area contributed by atoms with E-state index in [2.05, 4.69) is 53.3 Å².